The maximum absolute atomic E-state index is 12.0. The van der Waals surface area contributed by atoms with Gasteiger partial charge in [0.2, 0.25) is 0 Å². The summed E-state index contributed by atoms with van der Waals surface area (Å²) in [5.74, 6) is 0.561. The van der Waals surface area contributed by atoms with Gasteiger partial charge in [-0.25, -0.2) is 9.78 Å². The van der Waals surface area contributed by atoms with Crippen molar-refractivity contribution in [3.63, 3.8) is 0 Å². The Morgan fingerprint density at radius 3 is 2.58 bits per heavy atom. The molecule has 0 fully saturated rings. The van der Waals surface area contributed by atoms with Crippen molar-refractivity contribution in [3.05, 3.63) is 48.0 Å². The molecule has 0 radical (unpaired) electrons. The Kier molecular flexibility index (Phi) is 5.92. The van der Waals surface area contributed by atoms with Gasteiger partial charge in [-0.2, -0.15) is 5.10 Å². The molecule has 2 rings (SSSR count). The molecule has 7 heteroatoms. The van der Waals surface area contributed by atoms with Crippen LogP contribution in [0.2, 0.25) is 0 Å². The number of aliphatic hydroxyl groups is 1. The van der Waals surface area contributed by atoms with Crippen LogP contribution in [0.1, 0.15) is 31.2 Å². The van der Waals surface area contributed by atoms with Crippen molar-refractivity contribution in [3.8, 4) is 0 Å². The van der Waals surface area contributed by atoms with Gasteiger partial charge in [-0.15, -0.1) is 0 Å². The molecule has 7 nitrogen and oxygen atoms in total. The number of carbonyl (C=O) groups excluding carboxylic acids is 1. The third kappa shape index (κ3) is 4.79. The summed E-state index contributed by atoms with van der Waals surface area (Å²) >= 11 is 0. The van der Waals surface area contributed by atoms with E-state index in [1.165, 1.54) is 0 Å². The highest BCUT2D eigenvalue weighted by molar-refractivity contribution is 5.73. The lowest BCUT2D eigenvalue weighted by molar-refractivity contribution is 0.129. The fraction of sp³-hybridized carbons (Fsp3) is 0.471. The lowest BCUT2D eigenvalue weighted by Crippen LogP contribution is -2.41. The second kappa shape index (κ2) is 7.92. The van der Waals surface area contributed by atoms with Gasteiger partial charge in [-0.3, -0.25) is 4.68 Å². The zero-order valence-corrected chi connectivity index (χ0v) is 14.4. The smallest absolute Gasteiger partial charge is 0.315 e. The molecule has 1 atom stereocenters. The van der Waals surface area contributed by atoms with E-state index in [1.807, 2.05) is 44.2 Å². The number of nitrogens with zero attached hydrogens (tertiary/aromatic N) is 3. The summed E-state index contributed by atoms with van der Waals surface area (Å²) in [6.45, 7) is 4.71. The SMILES string of the molecule is Cn1cnc(CNC(=O)NCC(c2ccccc2)C(C)(C)CO)n1. The van der Waals surface area contributed by atoms with Crippen LogP contribution in [0, 0.1) is 5.41 Å². The highest BCUT2D eigenvalue weighted by Crippen LogP contribution is 2.34. The molecule has 130 valence electrons. The summed E-state index contributed by atoms with van der Waals surface area (Å²) in [6.07, 6.45) is 1.59. The standard InChI is InChI=1S/C17H25N5O2/c1-17(2,11-23)14(13-7-5-4-6-8-13)9-18-16(24)19-10-15-20-12-22(3)21-15/h4-8,12,14,23H,9-11H2,1-3H3,(H2,18,19,24). The van der Waals surface area contributed by atoms with Crippen molar-refractivity contribution in [2.24, 2.45) is 12.5 Å². The first-order valence-electron chi connectivity index (χ1n) is 7.94. The number of hydrogen-bond donors (Lipinski definition) is 3. The van der Waals surface area contributed by atoms with Crippen molar-refractivity contribution >= 4 is 6.03 Å². The van der Waals surface area contributed by atoms with E-state index < -0.39 is 0 Å². The van der Waals surface area contributed by atoms with Crippen LogP contribution in [0.4, 0.5) is 4.79 Å². The third-order valence-corrected chi connectivity index (χ3v) is 4.07. The maximum atomic E-state index is 12.0. The van der Waals surface area contributed by atoms with Gasteiger partial charge < -0.3 is 15.7 Å². The van der Waals surface area contributed by atoms with Crippen molar-refractivity contribution in [1.82, 2.24) is 25.4 Å². The molecule has 0 aliphatic heterocycles. The van der Waals surface area contributed by atoms with Crippen LogP contribution in [0.15, 0.2) is 36.7 Å². The van der Waals surface area contributed by atoms with E-state index >= 15 is 0 Å². The molecular formula is C17H25N5O2. The fourth-order valence-electron chi connectivity index (χ4n) is 2.52. The summed E-state index contributed by atoms with van der Waals surface area (Å²) in [5, 5.41) is 19.4. The molecule has 0 saturated heterocycles. The Labute approximate surface area is 142 Å². The van der Waals surface area contributed by atoms with Gasteiger partial charge in [-0.05, 0) is 11.0 Å². The quantitative estimate of drug-likeness (QED) is 0.715. The Hall–Kier alpha value is -2.41. The van der Waals surface area contributed by atoms with Crippen LogP contribution in [-0.2, 0) is 13.6 Å². The largest absolute Gasteiger partial charge is 0.396 e. The van der Waals surface area contributed by atoms with Gasteiger partial charge in [-0.1, -0.05) is 44.2 Å². The van der Waals surface area contributed by atoms with E-state index in [2.05, 4.69) is 20.7 Å². The van der Waals surface area contributed by atoms with E-state index in [9.17, 15) is 9.90 Å². The molecule has 1 aromatic heterocycles. The van der Waals surface area contributed by atoms with E-state index in [-0.39, 0.29) is 30.5 Å². The van der Waals surface area contributed by atoms with E-state index in [1.54, 1.807) is 18.1 Å². The summed E-state index contributed by atoms with van der Waals surface area (Å²) in [7, 11) is 1.78. The molecule has 0 saturated carbocycles. The topological polar surface area (TPSA) is 92.1 Å². The van der Waals surface area contributed by atoms with E-state index in [0.29, 0.717) is 12.4 Å². The lowest BCUT2D eigenvalue weighted by atomic mass is 9.75. The summed E-state index contributed by atoms with van der Waals surface area (Å²) in [5.41, 5.74) is 0.736. The van der Waals surface area contributed by atoms with Crippen LogP contribution in [0.25, 0.3) is 0 Å². The van der Waals surface area contributed by atoms with Crippen molar-refractivity contribution in [2.75, 3.05) is 13.2 Å². The summed E-state index contributed by atoms with van der Waals surface area (Å²) in [6, 6.07) is 9.62. The highest BCUT2D eigenvalue weighted by atomic mass is 16.3. The molecule has 2 amide bonds. The number of benzene rings is 1. The van der Waals surface area contributed by atoms with E-state index in [4.69, 9.17) is 0 Å². The van der Waals surface area contributed by atoms with Gasteiger partial charge in [0.15, 0.2) is 5.82 Å². The van der Waals surface area contributed by atoms with Crippen LogP contribution >= 0.6 is 0 Å². The van der Waals surface area contributed by atoms with Crippen LogP contribution in [0.3, 0.4) is 0 Å². The lowest BCUT2D eigenvalue weighted by Gasteiger charge is -2.33. The molecule has 0 spiro atoms. The van der Waals surface area contributed by atoms with Gasteiger partial charge in [0.25, 0.3) is 0 Å². The number of aromatic nitrogens is 3. The molecule has 1 unspecified atom stereocenters. The molecule has 2 aromatic rings. The van der Waals surface area contributed by atoms with Gasteiger partial charge >= 0.3 is 6.03 Å². The first-order valence-corrected chi connectivity index (χ1v) is 7.94. The fourth-order valence-corrected chi connectivity index (χ4v) is 2.52. The summed E-state index contributed by atoms with van der Waals surface area (Å²) in [4.78, 5) is 16.1. The molecular weight excluding hydrogens is 306 g/mol. The first-order chi connectivity index (χ1) is 11.4. The summed E-state index contributed by atoms with van der Waals surface area (Å²) < 4.78 is 1.59. The number of rotatable bonds is 7. The maximum Gasteiger partial charge on any atom is 0.315 e. The van der Waals surface area contributed by atoms with Crippen molar-refractivity contribution in [2.45, 2.75) is 26.3 Å². The predicted octanol–water partition coefficient (Wildman–Crippen LogP) is 1.42. The first kappa shape index (κ1) is 17.9. The number of hydrogen-bond acceptors (Lipinski definition) is 4. The Balaban J connectivity index is 1.93. The van der Waals surface area contributed by atoms with Crippen LogP contribution in [0.5, 0.6) is 0 Å². The molecule has 1 heterocycles. The average Bonchev–Trinajstić information content (AvgIpc) is 2.99. The monoisotopic (exact) mass is 331 g/mol. The Morgan fingerprint density at radius 1 is 1.29 bits per heavy atom. The molecule has 24 heavy (non-hydrogen) atoms. The zero-order chi connectivity index (χ0) is 17.6. The van der Waals surface area contributed by atoms with Gasteiger partial charge in [0.05, 0.1) is 6.54 Å². The van der Waals surface area contributed by atoms with Crippen LogP contribution in [-0.4, -0.2) is 39.1 Å². The second-order valence-electron chi connectivity index (χ2n) is 6.51. The molecule has 3 N–H and O–H groups in total. The number of amides is 2. The predicted molar refractivity (Wildman–Crippen MR) is 91.3 cm³/mol. The van der Waals surface area contributed by atoms with Gasteiger partial charge in [0.1, 0.15) is 6.33 Å². The molecule has 0 bridgehead atoms. The van der Waals surface area contributed by atoms with Crippen molar-refractivity contribution < 1.29 is 9.90 Å². The minimum absolute atomic E-state index is 0.00225. The number of nitrogens with one attached hydrogen (secondary N) is 2. The third-order valence-electron chi connectivity index (χ3n) is 4.07. The number of urea groups is 1. The minimum Gasteiger partial charge on any atom is -0.396 e. The van der Waals surface area contributed by atoms with Gasteiger partial charge in [0, 0.05) is 26.1 Å². The highest BCUT2D eigenvalue weighted by Gasteiger charge is 2.30. The van der Waals surface area contributed by atoms with Crippen LogP contribution < -0.4 is 10.6 Å². The van der Waals surface area contributed by atoms with E-state index in [0.717, 1.165) is 5.56 Å². The average molecular weight is 331 g/mol. The molecule has 0 aliphatic rings. The molecule has 1 aromatic carbocycles. The normalized spacial score (nSPS) is 12.7. The second-order valence-corrected chi connectivity index (χ2v) is 6.51. The molecule has 0 aliphatic carbocycles. The Bertz CT molecular complexity index is 654. The minimum atomic E-state index is -0.350. The van der Waals surface area contributed by atoms with Crippen molar-refractivity contribution in [1.29, 1.82) is 0 Å². The number of aryl methyl sites for hydroxylation is 1. The zero-order valence-electron chi connectivity index (χ0n) is 14.4. The number of carbonyl (C=O) groups is 1. The number of aliphatic hydroxyl groups excluding tert-OH is 1. The Morgan fingerprint density at radius 2 is 2.00 bits per heavy atom.